The molecule has 0 heterocycles. The van der Waals surface area contributed by atoms with Gasteiger partial charge in [0.25, 0.3) is 0 Å². The number of hydrogen-bond donors (Lipinski definition) is 2. The number of alkyl halides is 6. The first-order valence-electron chi connectivity index (χ1n) is 9.88. The van der Waals surface area contributed by atoms with Crippen molar-refractivity contribution in [3.05, 3.63) is 70.5 Å². The Kier molecular flexibility index (Phi) is 6.67. The summed E-state index contributed by atoms with van der Waals surface area (Å²) in [5.74, 6) is -0.495. The van der Waals surface area contributed by atoms with Gasteiger partial charge >= 0.3 is 12.4 Å². The van der Waals surface area contributed by atoms with Crippen LogP contribution in [-0.2, 0) is 12.4 Å². The summed E-state index contributed by atoms with van der Waals surface area (Å²) >= 11 is 0. The molecule has 4 atom stereocenters. The monoisotopic (exact) mass is 448 g/mol. The van der Waals surface area contributed by atoms with Gasteiger partial charge in [0.15, 0.2) is 0 Å². The highest BCUT2D eigenvalue weighted by Crippen LogP contribution is 2.39. The van der Waals surface area contributed by atoms with Crippen LogP contribution in [0.2, 0.25) is 0 Å². The van der Waals surface area contributed by atoms with Crippen LogP contribution in [0.4, 0.5) is 30.7 Å². The molecule has 1 aliphatic carbocycles. The van der Waals surface area contributed by atoms with E-state index in [0.717, 1.165) is 24.1 Å². The zero-order chi connectivity index (χ0) is 23.0. The molecule has 3 rings (SSSR count). The van der Waals surface area contributed by atoms with Crippen LogP contribution in [0.1, 0.15) is 54.0 Å². The zero-order valence-corrected chi connectivity index (χ0v) is 16.9. The molecule has 1 saturated carbocycles. The van der Waals surface area contributed by atoms with E-state index in [2.05, 4.69) is 10.6 Å². The van der Waals surface area contributed by atoms with E-state index in [0.29, 0.717) is 6.42 Å². The molecule has 0 aliphatic heterocycles. The molecule has 0 amide bonds. The SMILES string of the molecule is CN[C@H]1CC[C@H](N[C@H](C)c2cc(C(F)(F)F)cc(C(F)(F)F)c2)[C@H]1c1ccc(F)cc1. The van der Waals surface area contributed by atoms with Crippen molar-refractivity contribution in [2.24, 2.45) is 0 Å². The molecule has 170 valence electrons. The lowest BCUT2D eigenvalue weighted by Crippen LogP contribution is -2.39. The molecule has 0 radical (unpaired) electrons. The summed E-state index contributed by atoms with van der Waals surface area (Å²) in [5, 5.41) is 6.41. The molecule has 2 N–H and O–H groups in total. The summed E-state index contributed by atoms with van der Waals surface area (Å²) in [7, 11) is 1.79. The van der Waals surface area contributed by atoms with Gasteiger partial charge < -0.3 is 10.6 Å². The molecule has 2 aromatic carbocycles. The number of halogens is 7. The smallest absolute Gasteiger partial charge is 0.316 e. The second-order valence-electron chi connectivity index (χ2n) is 7.88. The molecule has 1 aliphatic rings. The maximum Gasteiger partial charge on any atom is 0.416 e. The largest absolute Gasteiger partial charge is 0.416 e. The normalized spacial score (nSPS) is 23.2. The number of hydrogen-bond acceptors (Lipinski definition) is 2. The average Bonchev–Trinajstić information content (AvgIpc) is 3.09. The standard InChI is InChI=1S/C22H23F7N2/c1-12(14-9-15(21(24,25)26)11-16(10-14)22(27,28)29)31-19-8-7-18(30-2)20(19)13-3-5-17(23)6-4-13/h3-6,9-12,18-20,30-31H,7-8H2,1-2H3/t12-,18+,19+,20+/m1/s1. The zero-order valence-electron chi connectivity index (χ0n) is 16.9. The Morgan fingerprint density at radius 1 is 0.839 bits per heavy atom. The van der Waals surface area contributed by atoms with Crippen LogP contribution in [0.15, 0.2) is 42.5 Å². The molecule has 0 aromatic heterocycles. The molecular formula is C22H23F7N2. The Bertz CT molecular complexity index is 858. The summed E-state index contributed by atoms with van der Waals surface area (Å²) < 4.78 is 92.5. The van der Waals surface area contributed by atoms with E-state index in [1.807, 2.05) is 0 Å². The van der Waals surface area contributed by atoms with Gasteiger partial charge in [-0.05, 0) is 68.3 Å². The van der Waals surface area contributed by atoms with E-state index in [1.165, 1.54) is 12.1 Å². The Morgan fingerprint density at radius 3 is 1.84 bits per heavy atom. The molecule has 0 spiro atoms. The molecular weight excluding hydrogens is 425 g/mol. The third-order valence-electron chi connectivity index (χ3n) is 5.86. The van der Waals surface area contributed by atoms with Crippen molar-refractivity contribution in [3.8, 4) is 0 Å². The van der Waals surface area contributed by atoms with Gasteiger partial charge in [-0.15, -0.1) is 0 Å². The van der Waals surface area contributed by atoms with E-state index < -0.39 is 29.5 Å². The lowest BCUT2D eigenvalue weighted by molar-refractivity contribution is -0.143. The predicted octanol–water partition coefficient (Wildman–Crippen LogP) is 6.05. The van der Waals surface area contributed by atoms with Gasteiger partial charge in [0.05, 0.1) is 11.1 Å². The fourth-order valence-electron chi connectivity index (χ4n) is 4.31. The Balaban J connectivity index is 1.90. The Morgan fingerprint density at radius 2 is 1.35 bits per heavy atom. The average molecular weight is 448 g/mol. The first kappa shape index (κ1) is 23.5. The first-order valence-corrected chi connectivity index (χ1v) is 9.88. The van der Waals surface area contributed by atoms with Crippen molar-refractivity contribution in [3.63, 3.8) is 0 Å². The van der Waals surface area contributed by atoms with Gasteiger partial charge in [-0.3, -0.25) is 0 Å². The topological polar surface area (TPSA) is 24.1 Å². The second-order valence-corrected chi connectivity index (χ2v) is 7.88. The van der Waals surface area contributed by atoms with E-state index in [-0.39, 0.29) is 35.4 Å². The third-order valence-corrected chi connectivity index (χ3v) is 5.86. The maximum atomic E-state index is 13.3. The van der Waals surface area contributed by atoms with Crippen LogP contribution in [0.3, 0.4) is 0 Å². The van der Waals surface area contributed by atoms with E-state index in [9.17, 15) is 30.7 Å². The predicted molar refractivity (Wildman–Crippen MR) is 103 cm³/mol. The van der Waals surface area contributed by atoms with Crippen molar-refractivity contribution in [2.45, 2.75) is 56.2 Å². The highest BCUT2D eigenvalue weighted by Gasteiger charge is 2.39. The van der Waals surface area contributed by atoms with Gasteiger partial charge in [0, 0.05) is 24.0 Å². The van der Waals surface area contributed by atoms with Gasteiger partial charge in [-0.25, -0.2) is 4.39 Å². The lowest BCUT2D eigenvalue weighted by atomic mass is 9.90. The number of likely N-dealkylation sites (N-methyl/N-ethyl adjacent to an activating group) is 1. The van der Waals surface area contributed by atoms with Gasteiger partial charge in [0.1, 0.15) is 5.82 Å². The maximum absolute atomic E-state index is 13.3. The minimum absolute atomic E-state index is 0.0439. The van der Waals surface area contributed by atoms with E-state index in [4.69, 9.17) is 0 Å². The molecule has 0 unspecified atom stereocenters. The fourth-order valence-corrected chi connectivity index (χ4v) is 4.31. The van der Waals surface area contributed by atoms with Crippen LogP contribution in [0.5, 0.6) is 0 Å². The number of nitrogens with one attached hydrogen (secondary N) is 2. The van der Waals surface area contributed by atoms with Gasteiger partial charge in [0.2, 0.25) is 0 Å². The lowest BCUT2D eigenvalue weighted by Gasteiger charge is -2.29. The summed E-state index contributed by atoms with van der Waals surface area (Å²) in [6.45, 7) is 1.55. The van der Waals surface area contributed by atoms with Crippen LogP contribution < -0.4 is 10.6 Å². The van der Waals surface area contributed by atoms with Crippen molar-refractivity contribution in [1.29, 1.82) is 0 Å². The minimum atomic E-state index is -4.89. The Hall–Kier alpha value is -2.13. The van der Waals surface area contributed by atoms with E-state index in [1.54, 1.807) is 26.1 Å². The van der Waals surface area contributed by atoms with Gasteiger partial charge in [-0.2, -0.15) is 26.3 Å². The summed E-state index contributed by atoms with van der Waals surface area (Å²) in [6.07, 6.45) is -8.35. The molecule has 0 bridgehead atoms. The van der Waals surface area contributed by atoms with Crippen LogP contribution in [0, 0.1) is 5.82 Å². The summed E-state index contributed by atoms with van der Waals surface area (Å²) in [6, 6.07) is 6.70. The molecule has 0 saturated heterocycles. The summed E-state index contributed by atoms with van der Waals surface area (Å²) in [4.78, 5) is 0. The number of benzene rings is 2. The second kappa shape index (κ2) is 8.78. The molecule has 2 nitrogen and oxygen atoms in total. The molecule has 1 fully saturated rings. The van der Waals surface area contributed by atoms with Crippen LogP contribution >= 0.6 is 0 Å². The molecule has 2 aromatic rings. The Labute approximate surface area is 175 Å². The highest BCUT2D eigenvalue weighted by molar-refractivity contribution is 5.35. The highest BCUT2D eigenvalue weighted by atomic mass is 19.4. The first-order chi connectivity index (χ1) is 14.4. The third kappa shape index (κ3) is 5.38. The molecule has 9 heteroatoms. The van der Waals surface area contributed by atoms with Crippen molar-refractivity contribution >= 4 is 0 Å². The van der Waals surface area contributed by atoms with Crippen molar-refractivity contribution in [2.75, 3.05) is 7.05 Å². The van der Waals surface area contributed by atoms with Crippen LogP contribution in [-0.4, -0.2) is 19.1 Å². The van der Waals surface area contributed by atoms with Crippen molar-refractivity contribution < 1.29 is 30.7 Å². The minimum Gasteiger partial charge on any atom is -0.316 e. The number of rotatable bonds is 5. The van der Waals surface area contributed by atoms with Crippen LogP contribution in [0.25, 0.3) is 0 Å². The van der Waals surface area contributed by atoms with Gasteiger partial charge in [-0.1, -0.05) is 12.1 Å². The fraction of sp³-hybridized carbons (Fsp3) is 0.455. The molecule has 31 heavy (non-hydrogen) atoms. The van der Waals surface area contributed by atoms with E-state index >= 15 is 0 Å². The van der Waals surface area contributed by atoms with Crippen molar-refractivity contribution in [1.82, 2.24) is 10.6 Å². The quantitative estimate of drug-likeness (QED) is 0.545. The summed E-state index contributed by atoms with van der Waals surface area (Å²) in [5.41, 5.74) is -1.91.